The summed E-state index contributed by atoms with van der Waals surface area (Å²) in [5.74, 6) is 0.152. The molecule has 1 fully saturated rings. The summed E-state index contributed by atoms with van der Waals surface area (Å²) in [6.45, 7) is 0. The van der Waals surface area contributed by atoms with Crippen molar-refractivity contribution < 1.29 is 4.39 Å². The van der Waals surface area contributed by atoms with E-state index in [1.165, 1.54) is 5.57 Å². The molecule has 0 heterocycles. The lowest BCUT2D eigenvalue weighted by molar-refractivity contribution is 0.546. The summed E-state index contributed by atoms with van der Waals surface area (Å²) >= 11 is 0. The molecule has 0 N–H and O–H groups in total. The van der Waals surface area contributed by atoms with Crippen LogP contribution in [0.4, 0.5) is 4.39 Å². The van der Waals surface area contributed by atoms with Crippen LogP contribution >= 0.6 is 0 Å². The topological polar surface area (TPSA) is 0 Å². The van der Waals surface area contributed by atoms with Crippen molar-refractivity contribution in [3.05, 3.63) is 23.0 Å². The van der Waals surface area contributed by atoms with Crippen LogP contribution in [0.1, 0.15) is 25.7 Å². The van der Waals surface area contributed by atoms with Gasteiger partial charge in [0.1, 0.15) is 5.83 Å². The number of fused-ring (bicyclic) bond motifs is 1. The van der Waals surface area contributed by atoms with Gasteiger partial charge in [-0.1, -0.05) is 6.08 Å². The van der Waals surface area contributed by atoms with Gasteiger partial charge in [0.25, 0.3) is 0 Å². The first kappa shape index (κ1) is 5.21. The molecule has 0 aromatic rings. The first-order valence-corrected chi connectivity index (χ1v) is 3.45. The molecule has 1 heteroatoms. The molecule has 2 aliphatic carbocycles. The minimum absolute atomic E-state index is 0.152. The van der Waals surface area contributed by atoms with E-state index in [4.69, 9.17) is 0 Å². The van der Waals surface area contributed by atoms with E-state index in [2.05, 4.69) is 6.08 Å². The van der Waals surface area contributed by atoms with Crippen molar-refractivity contribution in [2.24, 2.45) is 0 Å². The molecule has 0 saturated heterocycles. The molecule has 0 radical (unpaired) electrons. The Bertz CT molecular complexity index is 199. The number of rotatable bonds is 0. The molecule has 0 atom stereocenters. The third-order valence-corrected chi connectivity index (χ3v) is 2.11. The van der Waals surface area contributed by atoms with Gasteiger partial charge in [-0.25, -0.2) is 4.39 Å². The highest BCUT2D eigenvalue weighted by Gasteiger charge is 2.22. The quantitative estimate of drug-likeness (QED) is 0.465. The Hall–Kier alpha value is -0.590. The van der Waals surface area contributed by atoms with Crippen LogP contribution in [0.2, 0.25) is 0 Å². The predicted octanol–water partition coefficient (Wildman–Crippen LogP) is 2.72. The largest absolute Gasteiger partial charge is 0.212 e. The highest BCUT2D eigenvalue weighted by atomic mass is 19.1. The molecule has 2 rings (SSSR count). The monoisotopic (exact) mass is 124 g/mol. The maximum absolute atomic E-state index is 12.7. The molecule has 0 aromatic carbocycles. The van der Waals surface area contributed by atoms with Crippen LogP contribution in [-0.4, -0.2) is 0 Å². The zero-order valence-electron chi connectivity index (χ0n) is 5.28. The van der Waals surface area contributed by atoms with Gasteiger partial charge in [0, 0.05) is 6.42 Å². The fourth-order valence-electron chi connectivity index (χ4n) is 1.45. The van der Waals surface area contributed by atoms with Crippen LogP contribution in [0, 0.1) is 0 Å². The Kier molecular flexibility index (Phi) is 0.981. The number of hydrogen-bond donors (Lipinski definition) is 0. The molecule has 0 nitrogen and oxygen atoms in total. The van der Waals surface area contributed by atoms with Crippen molar-refractivity contribution in [2.45, 2.75) is 25.7 Å². The normalized spacial score (nSPS) is 24.8. The van der Waals surface area contributed by atoms with Crippen LogP contribution in [0.15, 0.2) is 23.0 Å². The average molecular weight is 124 g/mol. The Morgan fingerprint density at radius 2 is 2.11 bits per heavy atom. The second-order valence-electron chi connectivity index (χ2n) is 2.65. The van der Waals surface area contributed by atoms with E-state index in [0.29, 0.717) is 6.42 Å². The lowest BCUT2D eigenvalue weighted by atomic mass is 9.81. The van der Waals surface area contributed by atoms with Crippen LogP contribution in [0.5, 0.6) is 0 Å². The lowest BCUT2D eigenvalue weighted by Gasteiger charge is -2.25. The second-order valence-corrected chi connectivity index (χ2v) is 2.65. The predicted molar refractivity (Wildman–Crippen MR) is 34.7 cm³/mol. The van der Waals surface area contributed by atoms with Gasteiger partial charge >= 0.3 is 0 Å². The van der Waals surface area contributed by atoms with Gasteiger partial charge in [0.2, 0.25) is 0 Å². The fourth-order valence-corrected chi connectivity index (χ4v) is 1.45. The Balaban J connectivity index is 2.36. The SMILES string of the molecule is FC1=C2CCC2=CCC1. The van der Waals surface area contributed by atoms with Crippen LogP contribution in [-0.2, 0) is 0 Å². The number of allylic oxidation sites excluding steroid dienone is 4. The first-order chi connectivity index (χ1) is 4.38. The Labute approximate surface area is 54.1 Å². The average Bonchev–Trinajstić information content (AvgIpc) is 1.74. The summed E-state index contributed by atoms with van der Waals surface area (Å²) in [5.41, 5.74) is 2.29. The van der Waals surface area contributed by atoms with Crippen LogP contribution < -0.4 is 0 Å². The summed E-state index contributed by atoms with van der Waals surface area (Å²) in [6, 6.07) is 0. The highest BCUT2D eigenvalue weighted by Crippen LogP contribution is 2.40. The van der Waals surface area contributed by atoms with Crippen molar-refractivity contribution in [3.63, 3.8) is 0 Å². The molecular weight excluding hydrogens is 115 g/mol. The molecule has 0 aliphatic heterocycles. The summed E-state index contributed by atoms with van der Waals surface area (Å²) in [5, 5.41) is 0. The number of halogens is 1. The molecule has 48 valence electrons. The molecule has 0 amide bonds. The van der Waals surface area contributed by atoms with Crippen molar-refractivity contribution >= 4 is 0 Å². The summed E-state index contributed by atoms with van der Waals surface area (Å²) < 4.78 is 12.7. The van der Waals surface area contributed by atoms with Crippen LogP contribution in [0.3, 0.4) is 0 Å². The molecule has 1 saturated carbocycles. The van der Waals surface area contributed by atoms with Gasteiger partial charge in [-0.15, -0.1) is 0 Å². The van der Waals surface area contributed by atoms with Gasteiger partial charge in [-0.3, -0.25) is 0 Å². The third kappa shape index (κ3) is 0.640. The first-order valence-electron chi connectivity index (χ1n) is 3.45. The molecule has 9 heavy (non-hydrogen) atoms. The molecule has 2 aliphatic rings. The van der Waals surface area contributed by atoms with Gasteiger partial charge < -0.3 is 0 Å². The van der Waals surface area contributed by atoms with E-state index < -0.39 is 0 Å². The van der Waals surface area contributed by atoms with Gasteiger partial charge in [0.05, 0.1) is 0 Å². The molecule has 0 spiro atoms. The van der Waals surface area contributed by atoms with Gasteiger partial charge in [-0.05, 0) is 30.4 Å². The van der Waals surface area contributed by atoms with E-state index in [9.17, 15) is 4.39 Å². The minimum Gasteiger partial charge on any atom is -0.212 e. The third-order valence-electron chi connectivity index (χ3n) is 2.11. The second kappa shape index (κ2) is 1.69. The smallest absolute Gasteiger partial charge is 0.104 e. The van der Waals surface area contributed by atoms with Gasteiger partial charge in [0.15, 0.2) is 0 Å². The van der Waals surface area contributed by atoms with Crippen molar-refractivity contribution in [2.75, 3.05) is 0 Å². The van der Waals surface area contributed by atoms with Crippen molar-refractivity contribution in [3.8, 4) is 0 Å². The van der Waals surface area contributed by atoms with E-state index in [0.717, 1.165) is 24.8 Å². The van der Waals surface area contributed by atoms with E-state index in [-0.39, 0.29) is 5.83 Å². The lowest BCUT2D eigenvalue weighted by Crippen LogP contribution is -2.08. The maximum atomic E-state index is 12.7. The molecule has 0 unspecified atom stereocenters. The highest BCUT2D eigenvalue weighted by molar-refractivity contribution is 5.43. The fraction of sp³-hybridized carbons (Fsp3) is 0.500. The number of hydrogen-bond acceptors (Lipinski definition) is 0. The maximum Gasteiger partial charge on any atom is 0.104 e. The van der Waals surface area contributed by atoms with E-state index in [1.54, 1.807) is 0 Å². The zero-order chi connectivity index (χ0) is 6.27. The summed E-state index contributed by atoms with van der Waals surface area (Å²) in [4.78, 5) is 0. The minimum atomic E-state index is 0.152. The summed E-state index contributed by atoms with van der Waals surface area (Å²) in [6.07, 6.45) is 5.84. The molecule has 0 aromatic heterocycles. The Morgan fingerprint density at radius 3 is 2.56 bits per heavy atom. The zero-order valence-corrected chi connectivity index (χ0v) is 5.28. The van der Waals surface area contributed by atoms with Crippen molar-refractivity contribution in [1.29, 1.82) is 0 Å². The Morgan fingerprint density at radius 1 is 1.22 bits per heavy atom. The van der Waals surface area contributed by atoms with Crippen molar-refractivity contribution in [1.82, 2.24) is 0 Å². The molecular formula is C8H9F. The van der Waals surface area contributed by atoms with E-state index in [1.807, 2.05) is 0 Å². The van der Waals surface area contributed by atoms with E-state index >= 15 is 0 Å². The van der Waals surface area contributed by atoms with Crippen LogP contribution in [0.25, 0.3) is 0 Å². The van der Waals surface area contributed by atoms with Gasteiger partial charge in [-0.2, -0.15) is 0 Å². The molecule has 0 bridgehead atoms. The standard InChI is InChI=1S/C8H9F/c9-8-3-1-2-6-4-5-7(6)8/h2H,1,3-5H2. The summed E-state index contributed by atoms with van der Waals surface area (Å²) in [7, 11) is 0.